The second kappa shape index (κ2) is 7.09. The van der Waals surface area contributed by atoms with Gasteiger partial charge in [-0.15, -0.1) is 0 Å². The predicted molar refractivity (Wildman–Crippen MR) is 68.1 cm³/mol. The first-order valence-corrected chi connectivity index (χ1v) is 6.26. The smallest absolute Gasteiger partial charge is 0.317 e. The van der Waals surface area contributed by atoms with Crippen molar-refractivity contribution in [2.24, 2.45) is 11.8 Å². The van der Waals surface area contributed by atoms with Gasteiger partial charge in [-0.3, -0.25) is 9.59 Å². The molecule has 3 unspecified atom stereocenters. The maximum Gasteiger partial charge on any atom is 0.317 e. The van der Waals surface area contributed by atoms with Gasteiger partial charge in [0, 0.05) is 13.6 Å². The number of carboxylic acid groups (broad SMARTS) is 1. The molecule has 0 aliphatic carbocycles. The number of methoxy groups -OCH3 is 1. The number of ether oxygens (including phenoxy) is 2. The van der Waals surface area contributed by atoms with E-state index < -0.39 is 35.8 Å². The molecule has 1 rings (SSSR count). The molecule has 1 fully saturated rings. The zero-order valence-electron chi connectivity index (χ0n) is 11.8. The largest absolute Gasteiger partial charge is 0.481 e. The summed E-state index contributed by atoms with van der Waals surface area (Å²) in [6, 6.07) is -1.00. The molecule has 1 aliphatic heterocycles. The summed E-state index contributed by atoms with van der Waals surface area (Å²) in [6.45, 7) is 2.09. The van der Waals surface area contributed by atoms with E-state index in [0.717, 1.165) is 0 Å². The molecule has 20 heavy (non-hydrogen) atoms. The molecule has 8 nitrogen and oxygen atoms in total. The molecule has 2 N–H and O–H groups in total. The Bertz CT molecular complexity index is 386. The van der Waals surface area contributed by atoms with Gasteiger partial charge in [0.1, 0.15) is 5.92 Å². The van der Waals surface area contributed by atoms with Crippen molar-refractivity contribution in [1.29, 1.82) is 0 Å². The lowest BCUT2D eigenvalue weighted by Gasteiger charge is -2.23. The summed E-state index contributed by atoms with van der Waals surface area (Å²) in [6.07, 6.45) is 0. The van der Waals surface area contributed by atoms with Crippen LogP contribution in [0.5, 0.6) is 0 Å². The van der Waals surface area contributed by atoms with Gasteiger partial charge < -0.3 is 24.8 Å². The SMILES string of the molecule is COC(=O)C(C)CN(C)C(=O)NC1COCC1C(=O)O. The maximum atomic E-state index is 11.9. The Labute approximate surface area is 117 Å². The van der Waals surface area contributed by atoms with E-state index in [0.29, 0.717) is 0 Å². The molecule has 1 heterocycles. The first-order valence-electron chi connectivity index (χ1n) is 6.26. The van der Waals surface area contributed by atoms with Gasteiger partial charge >= 0.3 is 18.0 Å². The highest BCUT2D eigenvalue weighted by molar-refractivity contribution is 5.78. The van der Waals surface area contributed by atoms with Crippen LogP contribution in [0.4, 0.5) is 4.79 Å². The van der Waals surface area contributed by atoms with Crippen LogP contribution in [0.25, 0.3) is 0 Å². The average Bonchev–Trinajstić information content (AvgIpc) is 2.85. The molecule has 0 radical (unpaired) electrons. The van der Waals surface area contributed by atoms with Crippen LogP contribution in [-0.2, 0) is 19.1 Å². The molecule has 1 saturated heterocycles. The van der Waals surface area contributed by atoms with Crippen molar-refractivity contribution in [1.82, 2.24) is 10.2 Å². The van der Waals surface area contributed by atoms with Gasteiger partial charge in [-0.1, -0.05) is 6.92 Å². The van der Waals surface area contributed by atoms with Gasteiger partial charge in [0.25, 0.3) is 0 Å². The number of carbonyl (C=O) groups excluding carboxylic acids is 2. The van der Waals surface area contributed by atoms with Gasteiger partial charge in [0.15, 0.2) is 0 Å². The zero-order valence-corrected chi connectivity index (χ0v) is 11.8. The van der Waals surface area contributed by atoms with Crippen molar-refractivity contribution in [3.05, 3.63) is 0 Å². The Balaban J connectivity index is 2.49. The number of aliphatic carboxylic acids is 1. The minimum atomic E-state index is -1.00. The van der Waals surface area contributed by atoms with Crippen LogP contribution >= 0.6 is 0 Å². The van der Waals surface area contributed by atoms with Crippen molar-refractivity contribution >= 4 is 18.0 Å². The number of amides is 2. The summed E-state index contributed by atoms with van der Waals surface area (Å²) in [5, 5.41) is 11.6. The number of carbonyl (C=O) groups is 3. The normalized spacial score (nSPS) is 22.9. The van der Waals surface area contributed by atoms with Crippen LogP contribution in [0.15, 0.2) is 0 Å². The minimum absolute atomic E-state index is 0.0859. The van der Waals surface area contributed by atoms with E-state index in [2.05, 4.69) is 10.1 Å². The maximum absolute atomic E-state index is 11.9. The van der Waals surface area contributed by atoms with Crippen LogP contribution < -0.4 is 5.32 Å². The van der Waals surface area contributed by atoms with Crippen molar-refractivity contribution in [3.8, 4) is 0 Å². The van der Waals surface area contributed by atoms with Crippen molar-refractivity contribution < 1.29 is 29.0 Å². The molecule has 8 heteroatoms. The van der Waals surface area contributed by atoms with Crippen LogP contribution in [-0.4, -0.2) is 67.9 Å². The molecule has 0 aromatic carbocycles. The molecule has 0 bridgehead atoms. The fourth-order valence-corrected chi connectivity index (χ4v) is 1.98. The monoisotopic (exact) mass is 288 g/mol. The molecule has 1 aliphatic rings. The summed E-state index contributed by atoms with van der Waals surface area (Å²) in [5.41, 5.74) is 0. The van der Waals surface area contributed by atoms with Crippen LogP contribution in [0, 0.1) is 11.8 Å². The lowest BCUT2D eigenvalue weighted by Crippen LogP contribution is -2.49. The number of rotatable bonds is 5. The first kappa shape index (κ1) is 16.2. The summed E-state index contributed by atoms with van der Waals surface area (Å²) in [7, 11) is 2.81. The minimum Gasteiger partial charge on any atom is -0.481 e. The first-order chi connectivity index (χ1) is 9.36. The Morgan fingerprint density at radius 1 is 1.45 bits per heavy atom. The molecule has 114 valence electrons. The summed E-state index contributed by atoms with van der Waals surface area (Å²) in [5.74, 6) is -2.60. The van der Waals surface area contributed by atoms with Crippen molar-refractivity contribution in [2.75, 3.05) is 33.9 Å². The topological polar surface area (TPSA) is 105 Å². The Hall–Kier alpha value is -1.83. The number of carboxylic acids is 1. The lowest BCUT2D eigenvalue weighted by molar-refractivity contribution is -0.145. The van der Waals surface area contributed by atoms with Gasteiger partial charge in [-0.25, -0.2) is 4.79 Å². The molecule has 0 spiro atoms. The fraction of sp³-hybridized carbons (Fsp3) is 0.750. The van der Waals surface area contributed by atoms with Crippen molar-refractivity contribution in [2.45, 2.75) is 13.0 Å². The molecular formula is C12H20N2O6. The lowest BCUT2D eigenvalue weighted by atomic mass is 10.0. The summed E-state index contributed by atoms with van der Waals surface area (Å²) in [4.78, 5) is 35.5. The molecular weight excluding hydrogens is 268 g/mol. The number of esters is 1. The van der Waals surface area contributed by atoms with Crippen LogP contribution in [0.3, 0.4) is 0 Å². The van der Waals surface area contributed by atoms with E-state index in [1.165, 1.54) is 19.1 Å². The van der Waals surface area contributed by atoms with Gasteiger partial charge in [-0.2, -0.15) is 0 Å². The molecule has 2 amide bonds. The van der Waals surface area contributed by atoms with Gasteiger partial charge in [-0.05, 0) is 0 Å². The third-order valence-corrected chi connectivity index (χ3v) is 3.20. The van der Waals surface area contributed by atoms with Gasteiger partial charge in [0.2, 0.25) is 0 Å². The summed E-state index contributed by atoms with van der Waals surface area (Å²) < 4.78 is 9.64. The number of nitrogens with zero attached hydrogens (tertiary/aromatic N) is 1. The van der Waals surface area contributed by atoms with E-state index in [1.54, 1.807) is 6.92 Å². The second-order valence-electron chi connectivity index (χ2n) is 4.84. The highest BCUT2D eigenvalue weighted by atomic mass is 16.5. The number of nitrogens with one attached hydrogen (secondary N) is 1. The number of hydrogen-bond acceptors (Lipinski definition) is 5. The Morgan fingerprint density at radius 3 is 2.65 bits per heavy atom. The van der Waals surface area contributed by atoms with E-state index in [1.807, 2.05) is 0 Å². The highest BCUT2D eigenvalue weighted by Gasteiger charge is 2.35. The van der Waals surface area contributed by atoms with Crippen molar-refractivity contribution in [3.63, 3.8) is 0 Å². The highest BCUT2D eigenvalue weighted by Crippen LogP contribution is 2.14. The van der Waals surface area contributed by atoms with Crippen LogP contribution in [0.2, 0.25) is 0 Å². The molecule has 0 saturated carbocycles. The second-order valence-corrected chi connectivity index (χ2v) is 4.84. The van der Waals surface area contributed by atoms with E-state index in [-0.39, 0.29) is 19.8 Å². The molecule has 0 aromatic rings. The molecule has 0 aromatic heterocycles. The zero-order chi connectivity index (χ0) is 15.3. The van der Waals surface area contributed by atoms with Crippen LogP contribution in [0.1, 0.15) is 6.92 Å². The van der Waals surface area contributed by atoms with Gasteiger partial charge in [0.05, 0.1) is 32.3 Å². The quantitative estimate of drug-likeness (QED) is 0.663. The summed E-state index contributed by atoms with van der Waals surface area (Å²) >= 11 is 0. The third kappa shape index (κ3) is 4.09. The third-order valence-electron chi connectivity index (χ3n) is 3.20. The van der Waals surface area contributed by atoms with E-state index in [4.69, 9.17) is 9.84 Å². The number of hydrogen-bond donors (Lipinski definition) is 2. The average molecular weight is 288 g/mol. The standard InChI is InChI=1S/C12H20N2O6/c1-7(11(17)19-3)4-14(2)12(18)13-9-6-20-5-8(9)10(15)16/h7-9H,4-6H2,1-3H3,(H,13,18)(H,15,16). The Morgan fingerprint density at radius 2 is 2.10 bits per heavy atom. The van der Waals surface area contributed by atoms with E-state index in [9.17, 15) is 14.4 Å². The predicted octanol–water partition coefficient (Wildman–Crippen LogP) is -0.463. The Kier molecular flexibility index (Phi) is 5.75. The molecule has 3 atom stereocenters. The fourth-order valence-electron chi connectivity index (χ4n) is 1.98. The van der Waals surface area contributed by atoms with E-state index >= 15 is 0 Å². The number of urea groups is 1.